The Morgan fingerprint density at radius 3 is 1.09 bits per heavy atom. The van der Waals surface area contributed by atoms with Gasteiger partial charge in [-0.15, -0.1) is 0 Å². The van der Waals surface area contributed by atoms with Crippen LogP contribution < -0.4 is 28.4 Å². The van der Waals surface area contributed by atoms with Gasteiger partial charge in [0.1, 0.15) is 34.5 Å². The fourth-order valence-electron chi connectivity index (χ4n) is 7.73. The van der Waals surface area contributed by atoms with Gasteiger partial charge in [0.2, 0.25) is 0 Å². The fourth-order valence-corrected chi connectivity index (χ4v) is 7.73. The summed E-state index contributed by atoms with van der Waals surface area (Å²) in [4.78, 5) is 51.9. The van der Waals surface area contributed by atoms with E-state index in [1.54, 1.807) is 84.9 Å². The Balaban J connectivity index is 0.817. The first kappa shape index (κ1) is 50.2. The first-order valence-electron chi connectivity index (χ1n) is 24.4. The fraction of sp³-hybridized carbons (Fsp3) is 0.267. The summed E-state index contributed by atoms with van der Waals surface area (Å²) in [6.07, 6.45) is 15.6. The van der Waals surface area contributed by atoms with Gasteiger partial charge in [-0.3, -0.25) is 0 Å². The Bertz CT molecular complexity index is 2750. The third-order valence-electron chi connectivity index (χ3n) is 11.7. The average Bonchev–Trinajstić information content (AvgIpc) is 3.38. The van der Waals surface area contributed by atoms with Crippen LogP contribution >= 0.6 is 0 Å². The molecule has 0 radical (unpaired) electrons. The van der Waals surface area contributed by atoms with E-state index < -0.39 is 23.9 Å². The zero-order valence-electron chi connectivity index (χ0n) is 39.8. The molecule has 0 N–H and O–H groups in total. The smallest absolute Gasteiger partial charge is 0.343 e. The topological polar surface area (TPSA) is 124 Å². The SMILES string of the molecule is CCCCCCCCCCCCOc1ccc(C(=O)Oc2ccc(C(=O)Oc3ccc4ccc(OC(=O)c5ccc(OC(=O)c6ccc(OCCCCc7ccccc7)cc6)cc5)cc4c3)cc2)cc1. The number of rotatable bonds is 26. The number of carbonyl (C=O) groups is 4. The van der Waals surface area contributed by atoms with Crippen LogP contribution in [0, 0.1) is 0 Å². The van der Waals surface area contributed by atoms with Gasteiger partial charge in [-0.25, -0.2) is 19.2 Å². The zero-order valence-corrected chi connectivity index (χ0v) is 39.8. The molecule has 10 nitrogen and oxygen atoms in total. The molecule has 0 aromatic heterocycles. The standard InChI is InChI=1S/C60H60O10/c1-2-3-4-5-6-7-8-9-10-15-40-65-51-30-22-46(23-31-51)57(61)67-53-34-26-48(27-35-53)59(63)69-55-38-20-45-21-39-56(43-50(45)42-55)70-60(64)49-28-36-54(37-29-49)68-58(62)47-24-32-52(33-25-47)66-41-16-14-19-44-17-12-11-13-18-44/h11-13,17-18,20-39,42-43H,2-10,14-16,19,40-41H2,1H3. The highest BCUT2D eigenvalue weighted by Crippen LogP contribution is 2.27. The van der Waals surface area contributed by atoms with Crippen LogP contribution in [0.5, 0.6) is 34.5 Å². The molecule has 0 spiro atoms. The van der Waals surface area contributed by atoms with E-state index in [0.717, 1.165) is 37.5 Å². The van der Waals surface area contributed by atoms with Crippen molar-refractivity contribution in [2.45, 2.75) is 90.4 Å². The van der Waals surface area contributed by atoms with E-state index in [4.69, 9.17) is 28.4 Å². The Labute approximate surface area is 410 Å². The molecule has 7 rings (SSSR count). The lowest BCUT2D eigenvalue weighted by Crippen LogP contribution is -2.10. The van der Waals surface area contributed by atoms with Gasteiger partial charge in [-0.05, 0) is 163 Å². The molecule has 70 heavy (non-hydrogen) atoms. The third kappa shape index (κ3) is 15.9. The molecule has 0 aliphatic heterocycles. The van der Waals surface area contributed by atoms with E-state index in [-0.39, 0.29) is 34.1 Å². The predicted molar refractivity (Wildman–Crippen MR) is 272 cm³/mol. The van der Waals surface area contributed by atoms with Crippen LogP contribution in [0.25, 0.3) is 10.8 Å². The minimum Gasteiger partial charge on any atom is -0.494 e. The summed E-state index contributed by atoms with van der Waals surface area (Å²) < 4.78 is 34.1. The van der Waals surface area contributed by atoms with Crippen molar-refractivity contribution >= 4 is 34.6 Å². The van der Waals surface area contributed by atoms with Gasteiger partial charge in [0.25, 0.3) is 0 Å². The number of carbonyl (C=O) groups excluding carboxylic acids is 4. The summed E-state index contributed by atoms with van der Waals surface area (Å²) in [5.74, 6) is 0.208. The highest BCUT2D eigenvalue weighted by Gasteiger charge is 2.15. The highest BCUT2D eigenvalue weighted by molar-refractivity contribution is 5.95. The molecule has 0 aliphatic rings. The van der Waals surface area contributed by atoms with Crippen molar-refractivity contribution in [3.8, 4) is 34.5 Å². The summed E-state index contributed by atoms with van der Waals surface area (Å²) in [5, 5.41) is 1.51. The minimum atomic E-state index is -0.609. The Morgan fingerprint density at radius 1 is 0.329 bits per heavy atom. The maximum absolute atomic E-state index is 13.1. The van der Waals surface area contributed by atoms with E-state index in [9.17, 15) is 19.2 Å². The predicted octanol–water partition coefficient (Wildman–Crippen LogP) is 14.4. The van der Waals surface area contributed by atoms with Crippen LogP contribution in [0.15, 0.2) is 164 Å². The van der Waals surface area contributed by atoms with Crippen LogP contribution in [-0.2, 0) is 6.42 Å². The summed E-state index contributed by atoms with van der Waals surface area (Å²) >= 11 is 0. The first-order chi connectivity index (χ1) is 34.3. The van der Waals surface area contributed by atoms with Crippen molar-refractivity contribution in [1.82, 2.24) is 0 Å². The van der Waals surface area contributed by atoms with Crippen molar-refractivity contribution in [2.75, 3.05) is 13.2 Å². The van der Waals surface area contributed by atoms with Gasteiger partial charge >= 0.3 is 23.9 Å². The number of fused-ring (bicyclic) bond motifs is 1. The molecule has 0 saturated carbocycles. The second-order valence-corrected chi connectivity index (χ2v) is 17.1. The number of benzene rings is 7. The van der Waals surface area contributed by atoms with Crippen molar-refractivity contribution in [2.24, 2.45) is 0 Å². The molecule has 0 atom stereocenters. The molecule has 10 heteroatoms. The number of hydrogen-bond acceptors (Lipinski definition) is 10. The van der Waals surface area contributed by atoms with Crippen LogP contribution in [0.1, 0.15) is 131 Å². The lowest BCUT2D eigenvalue weighted by Gasteiger charge is -2.10. The number of unbranched alkanes of at least 4 members (excludes halogenated alkanes) is 10. The van der Waals surface area contributed by atoms with Gasteiger partial charge < -0.3 is 28.4 Å². The van der Waals surface area contributed by atoms with Gasteiger partial charge in [-0.1, -0.05) is 107 Å². The summed E-state index contributed by atoms with van der Waals surface area (Å²) in [6.45, 7) is 3.47. The number of hydrogen-bond donors (Lipinski definition) is 0. The lowest BCUT2D eigenvalue weighted by molar-refractivity contribution is 0.0720. The maximum atomic E-state index is 13.1. The highest BCUT2D eigenvalue weighted by atomic mass is 16.5. The molecule has 7 aromatic rings. The molecule has 0 fully saturated rings. The molecule has 0 unspecified atom stereocenters. The summed E-state index contributed by atoms with van der Waals surface area (Å²) in [6, 6.07) is 46.5. The molecule has 0 heterocycles. The van der Waals surface area contributed by atoms with Gasteiger partial charge in [0.05, 0.1) is 35.5 Å². The molecule has 360 valence electrons. The largest absolute Gasteiger partial charge is 0.494 e. The maximum Gasteiger partial charge on any atom is 0.343 e. The second-order valence-electron chi connectivity index (χ2n) is 17.1. The van der Waals surface area contributed by atoms with E-state index in [1.165, 1.54) is 105 Å². The van der Waals surface area contributed by atoms with Gasteiger partial charge in [-0.2, -0.15) is 0 Å². The number of aryl methyl sites for hydroxylation is 1. The van der Waals surface area contributed by atoms with Crippen molar-refractivity contribution in [1.29, 1.82) is 0 Å². The Kier molecular flexibility index (Phi) is 19.2. The quantitative estimate of drug-likeness (QED) is 0.0294. The lowest BCUT2D eigenvalue weighted by atomic mass is 10.1. The Morgan fingerprint density at radius 2 is 0.671 bits per heavy atom. The van der Waals surface area contributed by atoms with E-state index in [0.29, 0.717) is 41.2 Å². The van der Waals surface area contributed by atoms with Crippen molar-refractivity contribution < 1.29 is 47.6 Å². The molecular formula is C60H60O10. The third-order valence-corrected chi connectivity index (χ3v) is 11.7. The second kappa shape index (κ2) is 26.7. The molecule has 0 amide bonds. The van der Waals surface area contributed by atoms with Crippen molar-refractivity contribution in [3.63, 3.8) is 0 Å². The summed E-state index contributed by atoms with van der Waals surface area (Å²) in [7, 11) is 0. The monoisotopic (exact) mass is 940 g/mol. The van der Waals surface area contributed by atoms with Crippen LogP contribution in [-0.4, -0.2) is 37.1 Å². The van der Waals surface area contributed by atoms with Gasteiger partial charge in [0.15, 0.2) is 0 Å². The van der Waals surface area contributed by atoms with Gasteiger partial charge in [0, 0.05) is 0 Å². The molecule has 0 saturated heterocycles. The normalized spacial score (nSPS) is 10.9. The van der Waals surface area contributed by atoms with E-state index in [2.05, 4.69) is 19.1 Å². The number of ether oxygens (including phenoxy) is 6. The van der Waals surface area contributed by atoms with Crippen LogP contribution in [0.4, 0.5) is 0 Å². The Hall–Kier alpha value is -7.72. The van der Waals surface area contributed by atoms with Crippen LogP contribution in [0.2, 0.25) is 0 Å². The molecular weight excluding hydrogens is 881 g/mol. The van der Waals surface area contributed by atoms with E-state index >= 15 is 0 Å². The summed E-state index contributed by atoms with van der Waals surface area (Å²) in [5.41, 5.74) is 2.56. The molecule has 0 bridgehead atoms. The zero-order chi connectivity index (χ0) is 48.8. The minimum absolute atomic E-state index is 0.252. The van der Waals surface area contributed by atoms with Crippen molar-refractivity contribution in [3.05, 3.63) is 192 Å². The van der Waals surface area contributed by atoms with E-state index in [1.807, 2.05) is 18.2 Å². The number of esters is 4. The molecule has 7 aromatic carbocycles. The van der Waals surface area contributed by atoms with Crippen LogP contribution in [0.3, 0.4) is 0 Å². The average molecular weight is 941 g/mol. The first-order valence-corrected chi connectivity index (χ1v) is 24.4. The molecule has 0 aliphatic carbocycles.